The Kier molecular flexibility index (Phi) is 6.70. The lowest BCUT2D eigenvalue weighted by Crippen LogP contribution is -2.26. The smallest absolute Gasteiger partial charge is 0.295 e. The lowest BCUT2D eigenvalue weighted by Gasteiger charge is -2.29. The lowest BCUT2D eigenvalue weighted by atomic mass is 9.82. The second-order valence-electron chi connectivity index (χ2n) is 13.1. The van der Waals surface area contributed by atoms with E-state index in [1.54, 1.807) is 9.13 Å². The third kappa shape index (κ3) is 4.65. The fraction of sp³-hybridized carbons (Fsp3) is 0.114. The first kappa shape index (κ1) is 29.1. The van der Waals surface area contributed by atoms with E-state index in [-0.39, 0.29) is 17.6 Å². The van der Waals surface area contributed by atoms with Gasteiger partial charge in [0.05, 0.1) is 22.8 Å². The number of benzene rings is 7. The standard InChI is InChI=1S/C44H34N4O/c1-27-41(30-19-17-28(18-20-30)32-22-24-38-39(26-32)48(3)44(49)47(38)2)45-43(31-12-5-4-6-13-31)46-42(27)40-35-16-10-8-14-33(35)25-37-34-15-9-7-11-29(34)21-23-36(37)40/h4-27,41H,1-3H3. The van der Waals surface area contributed by atoms with Crippen LogP contribution in [-0.4, -0.2) is 20.7 Å². The van der Waals surface area contributed by atoms with Gasteiger partial charge in [0.15, 0.2) is 5.84 Å². The van der Waals surface area contributed by atoms with E-state index in [9.17, 15) is 4.79 Å². The van der Waals surface area contributed by atoms with Crippen molar-refractivity contribution >= 4 is 54.9 Å². The molecule has 236 valence electrons. The molecule has 0 amide bonds. The van der Waals surface area contributed by atoms with Crippen LogP contribution in [0.4, 0.5) is 0 Å². The van der Waals surface area contributed by atoms with Crippen molar-refractivity contribution in [3.63, 3.8) is 0 Å². The Labute approximate surface area is 284 Å². The maximum atomic E-state index is 12.6. The van der Waals surface area contributed by atoms with Crippen LogP contribution in [-0.2, 0) is 14.1 Å². The fourth-order valence-corrected chi connectivity index (χ4v) is 7.67. The molecule has 0 bridgehead atoms. The van der Waals surface area contributed by atoms with Crippen LogP contribution < -0.4 is 5.69 Å². The van der Waals surface area contributed by atoms with Gasteiger partial charge < -0.3 is 0 Å². The summed E-state index contributed by atoms with van der Waals surface area (Å²) in [7, 11) is 3.64. The minimum Gasteiger partial charge on any atom is -0.295 e. The van der Waals surface area contributed by atoms with Crippen LogP contribution in [0.2, 0.25) is 0 Å². The molecule has 0 N–H and O–H groups in total. The van der Waals surface area contributed by atoms with Gasteiger partial charge in [-0.05, 0) is 67.2 Å². The van der Waals surface area contributed by atoms with Crippen molar-refractivity contribution in [3.05, 3.63) is 167 Å². The minimum absolute atomic E-state index is 0.00832. The number of imidazole rings is 1. The van der Waals surface area contributed by atoms with E-state index in [0.29, 0.717) is 0 Å². The quantitative estimate of drug-likeness (QED) is 0.141. The van der Waals surface area contributed by atoms with Crippen molar-refractivity contribution in [3.8, 4) is 11.1 Å². The summed E-state index contributed by atoms with van der Waals surface area (Å²) < 4.78 is 3.40. The number of nitrogens with zero attached hydrogens (tertiary/aromatic N) is 4. The highest BCUT2D eigenvalue weighted by Gasteiger charge is 2.31. The first-order chi connectivity index (χ1) is 24.0. The Balaban J connectivity index is 1.21. The summed E-state index contributed by atoms with van der Waals surface area (Å²) in [5.74, 6) is 0.758. The summed E-state index contributed by atoms with van der Waals surface area (Å²) in [6, 6.07) is 49.3. The van der Waals surface area contributed by atoms with Gasteiger partial charge in [-0.2, -0.15) is 0 Å². The molecule has 49 heavy (non-hydrogen) atoms. The number of rotatable bonds is 4. The number of hydrogen-bond donors (Lipinski definition) is 0. The predicted octanol–water partition coefficient (Wildman–Crippen LogP) is 9.63. The molecule has 5 nitrogen and oxygen atoms in total. The minimum atomic E-state index is -0.136. The van der Waals surface area contributed by atoms with Crippen LogP contribution in [0, 0.1) is 5.92 Å². The molecule has 1 aromatic heterocycles. The molecular weight excluding hydrogens is 601 g/mol. The van der Waals surface area contributed by atoms with E-state index in [0.717, 1.165) is 44.8 Å². The van der Waals surface area contributed by atoms with Crippen molar-refractivity contribution in [2.24, 2.45) is 30.0 Å². The normalized spacial score (nSPS) is 16.4. The van der Waals surface area contributed by atoms with Gasteiger partial charge in [0, 0.05) is 31.1 Å². The van der Waals surface area contributed by atoms with E-state index in [1.165, 1.54) is 37.9 Å². The molecule has 5 heteroatoms. The molecule has 2 atom stereocenters. The Bertz CT molecular complexity index is 2710. The Morgan fingerprint density at radius 3 is 2.02 bits per heavy atom. The fourth-order valence-electron chi connectivity index (χ4n) is 7.67. The Morgan fingerprint density at radius 2 is 1.22 bits per heavy atom. The van der Waals surface area contributed by atoms with Crippen LogP contribution >= 0.6 is 0 Å². The van der Waals surface area contributed by atoms with Gasteiger partial charge in [0.2, 0.25) is 0 Å². The predicted molar refractivity (Wildman–Crippen MR) is 204 cm³/mol. The molecule has 0 spiro atoms. The van der Waals surface area contributed by atoms with Crippen molar-refractivity contribution in [2.75, 3.05) is 0 Å². The maximum absolute atomic E-state index is 12.6. The van der Waals surface area contributed by atoms with Crippen LogP contribution in [0.1, 0.15) is 29.7 Å². The lowest BCUT2D eigenvalue weighted by molar-refractivity contribution is 0.593. The highest BCUT2D eigenvalue weighted by atomic mass is 16.1. The summed E-state index contributed by atoms with van der Waals surface area (Å²) in [6.07, 6.45) is 0. The van der Waals surface area contributed by atoms with Crippen molar-refractivity contribution < 1.29 is 0 Å². The molecule has 7 aromatic carbocycles. The van der Waals surface area contributed by atoms with Gasteiger partial charge in [-0.3, -0.25) is 14.1 Å². The maximum Gasteiger partial charge on any atom is 0.328 e. The van der Waals surface area contributed by atoms with Gasteiger partial charge in [0.25, 0.3) is 0 Å². The second-order valence-corrected chi connectivity index (χ2v) is 13.1. The monoisotopic (exact) mass is 634 g/mol. The summed E-state index contributed by atoms with van der Waals surface area (Å²) in [5, 5.41) is 7.32. The van der Waals surface area contributed by atoms with Crippen LogP contribution in [0.15, 0.2) is 154 Å². The Morgan fingerprint density at radius 1 is 0.551 bits per heavy atom. The average Bonchev–Trinajstić information content (AvgIpc) is 3.37. The van der Waals surface area contributed by atoms with Gasteiger partial charge in [-0.1, -0.05) is 128 Å². The van der Waals surface area contributed by atoms with E-state index in [4.69, 9.17) is 9.98 Å². The number of hydrogen-bond acceptors (Lipinski definition) is 3. The van der Waals surface area contributed by atoms with Gasteiger partial charge >= 0.3 is 5.69 Å². The van der Waals surface area contributed by atoms with E-state index >= 15 is 0 Å². The van der Waals surface area contributed by atoms with Crippen LogP contribution in [0.3, 0.4) is 0 Å². The first-order valence-electron chi connectivity index (χ1n) is 16.8. The molecule has 2 heterocycles. The SMILES string of the molecule is CC1C(c2c3ccccc3cc3c2ccc2ccccc23)=NC(c2ccccc2)=NC1c1ccc(-c2ccc3c(c2)n(C)c(=O)n3C)cc1. The van der Waals surface area contributed by atoms with Gasteiger partial charge in [-0.15, -0.1) is 0 Å². The molecule has 0 saturated heterocycles. The summed E-state index contributed by atoms with van der Waals surface area (Å²) in [5.41, 5.74) is 8.36. The molecule has 0 aliphatic carbocycles. The third-order valence-corrected chi connectivity index (χ3v) is 10.3. The molecular formula is C44H34N4O. The second kappa shape index (κ2) is 11.3. The average molecular weight is 635 g/mol. The molecule has 0 fully saturated rings. The molecule has 2 unspecified atom stereocenters. The largest absolute Gasteiger partial charge is 0.328 e. The third-order valence-electron chi connectivity index (χ3n) is 10.3. The molecule has 0 radical (unpaired) electrons. The summed E-state index contributed by atoms with van der Waals surface area (Å²) >= 11 is 0. The highest BCUT2D eigenvalue weighted by molar-refractivity contribution is 6.28. The van der Waals surface area contributed by atoms with E-state index in [2.05, 4.69) is 122 Å². The molecule has 0 saturated carbocycles. The molecule has 8 aromatic rings. The van der Waals surface area contributed by atoms with Gasteiger partial charge in [0.1, 0.15) is 0 Å². The zero-order valence-corrected chi connectivity index (χ0v) is 27.6. The number of aryl methyl sites for hydroxylation is 2. The zero-order valence-electron chi connectivity index (χ0n) is 27.6. The van der Waals surface area contributed by atoms with Crippen molar-refractivity contribution in [2.45, 2.75) is 13.0 Å². The van der Waals surface area contributed by atoms with Crippen molar-refractivity contribution in [1.82, 2.24) is 9.13 Å². The summed E-state index contributed by atoms with van der Waals surface area (Å²) in [6.45, 7) is 2.27. The number of aromatic nitrogens is 2. The number of aliphatic imine (C=N–C) groups is 2. The molecule has 1 aliphatic heterocycles. The molecule has 1 aliphatic rings. The van der Waals surface area contributed by atoms with Crippen LogP contribution in [0.25, 0.3) is 54.5 Å². The number of fused-ring (bicyclic) bond motifs is 5. The van der Waals surface area contributed by atoms with E-state index < -0.39 is 0 Å². The highest BCUT2D eigenvalue weighted by Crippen LogP contribution is 2.40. The number of amidine groups is 1. The van der Waals surface area contributed by atoms with Gasteiger partial charge in [-0.25, -0.2) is 9.79 Å². The summed E-state index contributed by atoms with van der Waals surface area (Å²) in [4.78, 5) is 23.3. The van der Waals surface area contributed by atoms with E-state index in [1.807, 2.05) is 38.4 Å². The zero-order chi connectivity index (χ0) is 33.2. The van der Waals surface area contributed by atoms with Crippen molar-refractivity contribution in [1.29, 1.82) is 0 Å². The van der Waals surface area contributed by atoms with Crippen LogP contribution in [0.5, 0.6) is 0 Å². The first-order valence-corrected chi connectivity index (χ1v) is 16.8. The molecule has 9 rings (SSSR count). The topological polar surface area (TPSA) is 51.6 Å². The Hall–Kier alpha value is -6.07.